The van der Waals surface area contributed by atoms with Gasteiger partial charge in [-0.25, -0.2) is 26.4 Å². The summed E-state index contributed by atoms with van der Waals surface area (Å²) >= 11 is 0. The minimum Gasteiger partial charge on any atom is -0.507 e. The lowest BCUT2D eigenvalue weighted by molar-refractivity contribution is 0.0693. The maximum absolute atomic E-state index is 11.9. The summed E-state index contributed by atoms with van der Waals surface area (Å²) in [5, 5.41) is 18.1. The monoisotopic (exact) mass is 337 g/mol. The molecule has 0 aliphatic heterocycles. The fourth-order valence-electron chi connectivity index (χ4n) is 1.48. The quantitative estimate of drug-likeness (QED) is 0.586. The number of carbonyl (C=O) groups is 1. The number of hydrogen-bond acceptors (Lipinski definition) is 6. The van der Waals surface area contributed by atoms with Gasteiger partial charge in [0.2, 0.25) is 10.0 Å². The Kier molecular flexibility index (Phi) is 5.31. The zero-order valence-electron chi connectivity index (χ0n) is 11.1. The maximum atomic E-state index is 11.9. The van der Waals surface area contributed by atoms with Crippen molar-refractivity contribution in [2.75, 3.05) is 18.6 Å². The fourth-order valence-corrected chi connectivity index (χ4v) is 3.25. The van der Waals surface area contributed by atoms with Gasteiger partial charge < -0.3 is 10.2 Å². The van der Waals surface area contributed by atoms with Gasteiger partial charge in [-0.05, 0) is 24.6 Å². The highest BCUT2D eigenvalue weighted by Crippen LogP contribution is 2.21. The second-order valence-electron chi connectivity index (χ2n) is 4.37. The van der Waals surface area contributed by atoms with E-state index in [1.807, 2.05) is 0 Å². The molecule has 0 amide bonds. The average molecular weight is 337 g/mol. The van der Waals surface area contributed by atoms with Gasteiger partial charge in [-0.3, -0.25) is 0 Å². The average Bonchev–Trinajstić information content (AvgIpc) is 2.33. The number of carboxylic acids is 1. The molecule has 1 aromatic carbocycles. The van der Waals surface area contributed by atoms with Gasteiger partial charge in [-0.15, -0.1) is 0 Å². The van der Waals surface area contributed by atoms with Crippen LogP contribution in [-0.2, 0) is 19.9 Å². The molecule has 3 N–H and O–H groups in total. The molecule has 0 unspecified atom stereocenters. The van der Waals surface area contributed by atoms with Crippen molar-refractivity contribution in [3.8, 4) is 5.75 Å². The summed E-state index contributed by atoms with van der Waals surface area (Å²) in [4.78, 5) is 10.5. The predicted octanol–water partition coefficient (Wildman–Crippen LogP) is -0.197. The first-order chi connectivity index (χ1) is 9.53. The number of nitrogens with one attached hydrogen (secondary N) is 1. The van der Waals surface area contributed by atoms with Crippen LogP contribution < -0.4 is 4.72 Å². The van der Waals surface area contributed by atoms with Crippen LogP contribution in [0.15, 0.2) is 23.1 Å². The number of sulfonamides is 1. The minimum atomic E-state index is -3.97. The van der Waals surface area contributed by atoms with Crippen molar-refractivity contribution >= 4 is 25.8 Å². The van der Waals surface area contributed by atoms with Crippen LogP contribution in [0.3, 0.4) is 0 Å². The van der Waals surface area contributed by atoms with Gasteiger partial charge in [0.05, 0.1) is 10.6 Å². The highest BCUT2D eigenvalue weighted by molar-refractivity contribution is 7.90. The van der Waals surface area contributed by atoms with E-state index in [2.05, 4.69) is 4.72 Å². The summed E-state index contributed by atoms with van der Waals surface area (Å²) in [6, 6.07) is 2.85. The predicted molar refractivity (Wildman–Crippen MR) is 74.6 cm³/mol. The van der Waals surface area contributed by atoms with E-state index in [4.69, 9.17) is 5.11 Å². The Morgan fingerprint density at radius 2 is 1.86 bits per heavy atom. The van der Waals surface area contributed by atoms with Gasteiger partial charge in [0.15, 0.2) is 0 Å². The van der Waals surface area contributed by atoms with Crippen molar-refractivity contribution in [1.82, 2.24) is 4.72 Å². The molecule has 0 saturated carbocycles. The second-order valence-corrected chi connectivity index (χ2v) is 8.39. The van der Waals surface area contributed by atoms with Crippen LogP contribution in [0.5, 0.6) is 5.75 Å². The second kappa shape index (κ2) is 6.41. The number of aromatic carboxylic acids is 1. The molecule has 1 rings (SSSR count). The molecule has 0 fully saturated rings. The van der Waals surface area contributed by atoms with Crippen molar-refractivity contribution in [2.45, 2.75) is 11.3 Å². The van der Waals surface area contributed by atoms with Gasteiger partial charge in [0, 0.05) is 12.8 Å². The van der Waals surface area contributed by atoms with Gasteiger partial charge in [0.25, 0.3) is 0 Å². The maximum Gasteiger partial charge on any atom is 0.339 e. The van der Waals surface area contributed by atoms with E-state index in [-0.39, 0.29) is 23.6 Å². The van der Waals surface area contributed by atoms with E-state index in [1.165, 1.54) is 0 Å². The summed E-state index contributed by atoms with van der Waals surface area (Å²) in [5.41, 5.74) is -0.533. The smallest absolute Gasteiger partial charge is 0.339 e. The SMILES string of the molecule is CS(=O)(=O)CCCNS(=O)(=O)c1ccc(O)c(C(=O)O)c1. The number of hydrogen-bond donors (Lipinski definition) is 3. The van der Waals surface area contributed by atoms with Crippen molar-refractivity contribution in [2.24, 2.45) is 0 Å². The van der Waals surface area contributed by atoms with Crippen molar-refractivity contribution in [3.63, 3.8) is 0 Å². The van der Waals surface area contributed by atoms with Crippen LogP contribution in [-0.4, -0.2) is 51.6 Å². The van der Waals surface area contributed by atoms with E-state index in [0.717, 1.165) is 24.5 Å². The number of aromatic hydroxyl groups is 1. The first-order valence-corrected chi connectivity index (χ1v) is 9.31. The number of carboxylic acid groups (broad SMARTS) is 1. The van der Waals surface area contributed by atoms with Gasteiger partial charge >= 0.3 is 5.97 Å². The summed E-state index contributed by atoms with van der Waals surface area (Å²) in [6.07, 6.45) is 1.14. The number of rotatable bonds is 7. The molecule has 0 aliphatic carbocycles. The van der Waals surface area contributed by atoms with Gasteiger partial charge in [-0.1, -0.05) is 0 Å². The highest BCUT2D eigenvalue weighted by atomic mass is 32.2. The molecular formula is C11H15NO7S2. The molecule has 10 heteroatoms. The molecule has 0 heterocycles. The Balaban J connectivity index is 2.84. The molecule has 118 valence electrons. The van der Waals surface area contributed by atoms with E-state index in [1.54, 1.807) is 0 Å². The van der Waals surface area contributed by atoms with Crippen LogP contribution in [0.25, 0.3) is 0 Å². The van der Waals surface area contributed by atoms with Crippen LogP contribution in [0, 0.1) is 0 Å². The fraction of sp³-hybridized carbons (Fsp3) is 0.364. The summed E-state index contributed by atoms with van der Waals surface area (Å²) in [5.74, 6) is -2.16. The Bertz CT molecular complexity index is 738. The minimum absolute atomic E-state index is 0.0985. The van der Waals surface area contributed by atoms with Crippen molar-refractivity contribution < 1.29 is 31.8 Å². The molecule has 0 saturated heterocycles. The zero-order valence-corrected chi connectivity index (χ0v) is 12.7. The molecule has 0 radical (unpaired) electrons. The van der Waals surface area contributed by atoms with Gasteiger partial charge in [-0.2, -0.15) is 0 Å². The van der Waals surface area contributed by atoms with E-state index < -0.39 is 37.1 Å². The van der Waals surface area contributed by atoms with Gasteiger partial charge in [0.1, 0.15) is 21.2 Å². The lowest BCUT2D eigenvalue weighted by Gasteiger charge is -2.08. The Morgan fingerprint density at radius 3 is 2.38 bits per heavy atom. The molecule has 0 bridgehead atoms. The topological polar surface area (TPSA) is 138 Å². The van der Waals surface area contributed by atoms with Crippen LogP contribution in [0.1, 0.15) is 16.8 Å². The number of phenols is 1. The summed E-state index contributed by atoms with van der Waals surface area (Å²) in [6.45, 7) is -0.0985. The molecule has 0 spiro atoms. The lowest BCUT2D eigenvalue weighted by atomic mass is 10.2. The van der Waals surface area contributed by atoms with Crippen molar-refractivity contribution in [1.29, 1.82) is 0 Å². The normalized spacial score (nSPS) is 12.2. The molecule has 8 nitrogen and oxygen atoms in total. The summed E-state index contributed by atoms with van der Waals surface area (Å²) < 4.78 is 47.8. The standard InChI is InChI=1S/C11H15NO7S2/c1-20(16,17)6-2-5-12-21(18,19)8-3-4-10(13)9(7-8)11(14)15/h3-4,7,12-13H,2,5-6H2,1H3,(H,14,15). The third-order valence-electron chi connectivity index (χ3n) is 2.49. The molecule has 21 heavy (non-hydrogen) atoms. The van der Waals surface area contributed by atoms with Crippen molar-refractivity contribution in [3.05, 3.63) is 23.8 Å². The first-order valence-electron chi connectivity index (χ1n) is 5.76. The highest BCUT2D eigenvalue weighted by Gasteiger charge is 2.18. The molecule has 1 aromatic rings. The van der Waals surface area contributed by atoms with Crippen LogP contribution in [0.2, 0.25) is 0 Å². The first kappa shape index (κ1) is 17.4. The molecule has 0 atom stereocenters. The third-order valence-corrected chi connectivity index (χ3v) is 4.98. The number of benzene rings is 1. The lowest BCUT2D eigenvalue weighted by Crippen LogP contribution is -2.26. The largest absolute Gasteiger partial charge is 0.507 e. The van der Waals surface area contributed by atoms with E-state index >= 15 is 0 Å². The van der Waals surface area contributed by atoms with Crippen LogP contribution >= 0.6 is 0 Å². The molecular weight excluding hydrogens is 322 g/mol. The Hall–Kier alpha value is -1.65. The molecule has 0 aromatic heterocycles. The number of sulfone groups is 1. The van der Waals surface area contributed by atoms with E-state index in [9.17, 15) is 26.7 Å². The Labute approximate surface area is 122 Å². The third kappa shape index (κ3) is 5.33. The molecule has 0 aliphatic rings. The summed E-state index contributed by atoms with van der Waals surface area (Å²) in [7, 11) is -7.15. The van der Waals surface area contributed by atoms with Crippen LogP contribution in [0.4, 0.5) is 0 Å². The Morgan fingerprint density at radius 1 is 1.24 bits per heavy atom. The van der Waals surface area contributed by atoms with E-state index in [0.29, 0.717) is 0 Å². The zero-order chi connectivity index (χ0) is 16.3.